The summed E-state index contributed by atoms with van der Waals surface area (Å²) in [7, 11) is 0. The summed E-state index contributed by atoms with van der Waals surface area (Å²) in [6.07, 6.45) is -12.7. The van der Waals surface area contributed by atoms with E-state index in [1.165, 1.54) is 0 Å². The van der Waals surface area contributed by atoms with Crippen LogP contribution in [0.4, 0.5) is 13.2 Å². The molecule has 1 saturated heterocycles. The van der Waals surface area contributed by atoms with Crippen molar-refractivity contribution >= 4 is 0 Å². The van der Waals surface area contributed by atoms with Gasteiger partial charge in [-0.05, 0) is 0 Å². The van der Waals surface area contributed by atoms with Crippen LogP contribution in [0.1, 0.15) is 0 Å². The standard InChI is InChI=1S/C7H11F3O5/c8-7(9,10)3-5(13)4(12)2(1-11)15-6(3)14/h2-6,11-14H,1H2/t2-,3-,4-,5-,6?/m1/s1. The number of aliphatic hydroxyl groups excluding tert-OH is 4. The lowest BCUT2D eigenvalue weighted by molar-refractivity contribution is -0.334. The Morgan fingerprint density at radius 2 is 1.60 bits per heavy atom. The molecular formula is C7H11F3O5. The van der Waals surface area contributed by atoms with E-state index in [4.69, 9.17) is 20.4 Å². The van der Waals surface area contributed by atoms with Gasteiger partial charge in [-0.3, -0.25) is 0 Å². The average molecular weight is 232 g/mol. The third-order valence-electron chi connectivity index (χ3n) is 2.28. The maximum atomic E-state index is 12.3. The van der Waals surface area contributed by atoms with Crippen LogP contribution in [0.25, 0.3) is 0 Å². The van der Waals surface area contributed by atoms with Crippen molar-refractivity contribution < 1.29 is 38.3 Å². The molecule has 0 radical (unpaired) electrons. The maximum Gasteiger partial charge on any atom is 0.399 e. The second kappa shape index (κ2) is 4.22. The number of aliphatic hydroxyl groups is 4. The topological polar surface area (TPSA) is 90.2 Å². The molecule has 5 nitrogen and oxygen atoms in total. The van der Waals surface area contributed by atoms with Gasteiger partial charge in [-0.2, -0.15) is 13.2 Å². The van der Waals surface area contributed by atoms with Gasteiger partial charge in [-0.1, -0.05) is 0 Å². The summed E-state index contributed by atoms with van der Waals surface area (Å²) in [6, 6.07) is 0. The van der Waals surface area contributed by atoms with Crippen molar-refractivity contribution in [3.63, 3.8) is 0 Å². The second-order valence-corrected chi connectivity index (χ2v) is 3.30. The molecule has 5 atom stereocenters. The van der Waals surface area contributed by atoms with Gasteiger partial charge in [0.25, 0.3) is 0 Å². The van der Waals surface area contributed by atoms with Crippen LogP contribution in [-0.4, -0.2) is 57.8 Å². The van der Waals surface area contributed by atoms with E-state index < -0.39 is 43.3 Å². The smallest absolute Gasteiger partial charge is 0.394 e. The Morgan fingerprint density at radius 3 is 2.00 bits per heavy atom. The molecule has 0 spiro atoms. The van der Waals surface area contributed by atoms with Crippen molar-refractivity contribution in [3.05, 3.63) is 0 Å². The van der Waals surface area contributed by atoms with Crippen LogP contribution in [0, 0.1) is 5.92 Å². The summed E-state index contributed by atoms with van der Waals surface area (Å²) < 4.78 is 41.2. The highest BCUT2D eigenvalue weighted by Gasteiger charge is 2.56. The minimum atomic E-state index is -4.89. The van der Waals surface area contributed by atoms with Crippen molar-refractivity contribution in [1.82, 2.24) is 0 Å². The summed E-state index contributed by atoms with van der Waals surface area (Å²) in [5, 5.41) is 35.8. The molecule has 15 heavy (non-hydrogen) atoms. The molecule has 0 aromatic carbocycles. The minimum Gasteiger partial charge on any atom is -0.394 e. The highest BCUT2D eigenvalue weighted by molar-refractivity contribution is 4.91. The van der Waals surface area contributed by atoms with Gasteiger partial charge in [0.1, 0.15) is 18.1 Å². The third-order valence-corrected chi connectivity index (χ3v) is 2.28. The van der Waals surface area contributed by atoms with Crippen LogP contribution in [-0.2, 0) is 4.74 Å². The molecular weight excluding hydrogens is 221 g/mol. The number of halogens is 3. The van der Waals surface area contributed by atoms with Crippen molar-refractivity contribution in [2.24, 2.45) is 5.92 Å². The van der Waals surface area contributed by atoms with Crippen LogP contribution in [0.3, 0.4) is 0 Å². The first kappa shape index (κ1) is 12.7. The summed E-state index contributed by atoms with van der Waals surface area (Å²) in [6.45, 7) is -0.792. The monoisotopic (exact) mass is 232 g/mol. The predicted octanol–water partition coefficient (Wildman–Crippen LogP) is -1.40. The molecule has 0 aliphatic carbocycles. The van der Waals surface area contributed by atoms with Gasteiger partial charge in [-0.25, -0.2) is 0 Å². The lowest BCUT2D eigenvalue weighted by Crippen LogP contribution is -2.59. The molecule has 1 unspecified atom stereocenters. The highest BCUT2D eigenvalue weighted by atomic mass is 19.4. The largest absolute Gasteiger partial charge is 0.399 e. The Bertz CT molecular complexity index is 221. The zero-order valence-electron chi connectivity index (χ0n) is 7.42. The van der Waals surface area contributed by atoms with Crippen molar-refractivity contribution in [3.8, 4) is 0 Å². The molecule has 1 rings (SSSR count). The lowest BCUT2D eigenvalue weighted by Gasteiger charge is -2.40. The first-order valence-corrected chi connectivity index (χ1v) is 4.16. The molecule has 90 valence electrons. The van der Waals surface area contributed by atoms with E-state index in [1.807, 2.05) is 0 Å². The molecule has 4 N–H and O–H groups in total. The van der Waals surface area contributed by atoms with E-state index >= 15 is 0 Å². The fourth-order valence-corrected chi connectivity index (χ4v) is 1.45. The second-order valence-electron chi connectivity index (χ2n) is 3.30. The van der Waals surface area contributed by atoms with Gasteiger partial charge in [-0.15, -0.1) is 0 Å². The fraction of sp³-hybridized carbons (Fsp3) is 1.00. The molecule has 0 aromatic rings. The first-order chi connectivity index (χ1) is 6.79. The fourth-order valence-electron chi connectivity index (χ4n) is 1.45. The SMILES string of the molecule is OC[C@H]1OC(O)[C@H](C(F)(F)F)[C@@H](O)[C@@H]1O. The summed E-state index contributed by atoms with van der Waals surface area (Å²) in [4.78, 5) is 0. The summed E-state index contributed by atoms with van der Waals surface area (Å²) in [5.41, 5.74) is 0. The number of hydrogen-bond donors (Lipinski definition) is 4. The molecule has 1 heterocycles. The predicted molar refractivity (Wildman–Crippen MR) is 39.5 cm³/mol. The normalized spacial score (nSPS) is 43.0. The summed E-state index contributed by atoms with van der Waals surface area (Å²) >= 11 is 0. The van der Waals surface area contributed by atoms with E-state index in [2.05, 4.69) is 4.74 Å². The van der Waals surface area contributed by atoms with Gasteiger partial charge in [0.15, 0.2) is 6.29 Å². The number of ether oxygens (including phenoxy) is 1. The van der Waals surface area contributed by atoms with Crippen LogP contribution in [0.15, 0.2) is 0 Å². The van der Waals surface area contributed by atoms with Gasteiger partial charge in [0.05, 0.1) is 12.7 Å². The van der Waals surface area contributed by atoms with E-state index in [1.54, 1.807) is 0 Å². The average Bonchev–Trinajstić information content (AvgIpc) is 2.09. The Morgan fingerprint density at radius 1 is 1.07 bits per heavy atom. The van der Waals surface area contributed by atoms with Crippen LogP contribution in [0.2, 0.25) is 0 Å². The van der Waals surface area contributed by atoms with E-state index in [0.29, 0.717) is 0 Å². The molecule has 1 aliphatic rings. The number of rotatable bonds is 1. The third kappa shape index (κ3) is 2.40. The van der Waals surface area contributed by atoms with Crippen LogP contribution < -0.4 is 0 Å². The van der Waals surface area contributed by atoms with Gasteiger partial charge < -0.3 is 25.2 Å². The molecule has 8 heteroatoms. The van der Waals surface area contributed by atoms with Crippen LogP contribution >= 0.6 is 0 Å². The molecule has 0 saturated carbocycles. The van der Waals surface area contributed by atoms with Gasteiger partial charge in [0.2, 0.25) is 0 Å². The number of alkyl halides is 3. The van der Waals surface area contributed by atoms with Crippen molar-refractivity contribution in [2.45, 2.75) is 30.8 Å². The van der Waals surface area contributed by atoms with Crippen molar-refractivity contribution in [2.75, 3.05) is 6.61 Å². The van der Waals surface area contributed by atoms with Gasteiger partial charge >= 0.3 is 6.18 Å². The van der Waals surface area contributed by atoms with E-state index in [9.17, 15) is 13.2 Å². The number of hydrogen-bond acceptors (Lipinski definition) is 5. The van der Waals surface area contributed by atoms with E-state index in [0.717, 1.165) is 0 Å². The molecule has 0 aromatic heterocycles. The van der Waals surface area contributed by atoms with Gasteiger partial charge in [0, 0.05) is 0 Å². The highest BCUT2D eigenvalue weighted by Crippen LogP contribution is 2.37. The Kier molecular flexibility index (Phi) is 3.56. The molecule has 1 fully saturated rings. The zero-order valence-corrected chi connectivity index (χ0v) is 7.42. The maximum absolute atomic E-state index is 12.3. The molecule has 0 bridgehead atoms. The molecule has 0 amide bonds. The summed E-state index contributed by atoms with van der Waals surface area (Å²) in [5.74, 6) is -2.57. The minimum absolute atomic E-state index is 0.792. The van der Waals surface area contributed by atoms with Crippen molar-refractivity contribution in [1.29, 1.82) is 0 Å². The van der Waals surface area contributed by atoms with Crippen LogP contribution in [0.5, 0.6) is 0 Å². The Labute approximate surface area is 82.7 Å². The Hall–Kier alpha value is -0.410. The Balaban J connectivity index is 2.84. The van der Waals surface area contributed by atoms with E-state index in [-0.39, 0.29) is 0 Å². The quantitative estimate of drug-likeness (QED) is 0.446. The first-order valence-electron chi connectivity index (χ1n) is 4.16. The zero-order chi connectivity index (χ0) is 11.8. The lowest BCUT2D eigenvalue weighted by atomic mass is 9.90. The molecule has 1 aliphatic heterocycles.